The Morgan fingerprint density at radius 2 is 2.33 bits per heavy atom. The molecular formula is C12H13IN4O. The van der Waals surface area contributed by atoms with Gasteiger partial charge in [0.15, 0.2) is 5.82 Å². The zero-order valence-electron chi connectivity index (χ0n) is 9.93. The zero-order chi connectivity index (χ0) is 13.0. The van der Waals surface area contributed by atoms with Crippen LogP contribution in [-0.4, -0.2) is 27.2 Å². The number of benzene rings is 1. The average Bonchev–Trinajstić information content (AvgIpc) is 2.75. The number of rotatable bonds is 4. The van der Waals surface area contributed by atoms with E-state index >= 15 is 0 Å². The summed E-state index contributed by atoms with van der Waals surface area (Å²) in [5.41, 5.74) is 0.677. The fraction of sp³-hybridized carbons (Fsp3) is 0.250. The maximum absolute atomic E-state index is 11.8. The van der Waals surface area contributed by atoms with E-state index in [0.717, 1.165) is 9.39 Å². The van der Waals surface area contributed by atoms with Crippen LogP contribution < -0.4 is 5.32 Å². The van der Waals surface area contributed by atoms with E-state index in [1.54, 1.807) is 17.1 Å². The fourth-order valence-corrected chi connectivity index (χ4v) is 2.06. The molecule has 0 aliphatic rings. The average molecular weight is 356 g/mol. The van der Waals surface area contributed by atoms with Crippen molar-refractivity contribution in [2.24, 2.45) is 7.05 Å². The third-order valence-corrected chi connectivity index (χ3v) is 3.04. The molecule has 1 aromatic carbocycles. The number of carbonyl (C=O) groups excluding carboxylic acids is 1. The monoisotopic (exact) mass is 356 g/mol. The van der Waals surface area contributed by atoms with E-state index in [9.17, 15) is 4.79 Å². The van der Waals surface area contributed by atoms with Crippen molar-refractivity contribution in [2.45, 2.75) is 6.42 Å². The number of hydrogen-bond donors (Lipinski definition) is 1. The van der Waals surface area contributed by atoms with Crippen LogP contribution in [0.2, 0.25) is 0 Å². The van der Waals surface area contributed by atoms with Gasteiger partial charge in [-0.2, -0.15) is 5.10 Å². The standard InChI is InChI=1S/C12H13IN4O/c1-17-8-15-11(16-17)5-6-14-12(18)9-3-2-4-10(13)7-9/h2-4,7-8H,5-6H2,1H3,(H,14,18). The Morgan fingerprint density at radius 3 is 3.00 bits per heavy atom. The number of aryl methyl sites for hydroxylation is 1. The van der Waals surface area contributed by atoms with Crippen molar-refractivity contribution < 1.29 is 4.79 Å². The Labute approximate surface area is 119 Å². The number of aromatic nitrogens is 3. The molecule has 18 heavy (non-hydrogen) atoms. The van der Waals surface area contributed by atoms with Crippen molar-refractivity contribution in [2.75, 3.05) is 6.54 Å². The summed E-state index contributed by atoms with van der Waals surface area (Å²) < 4.78 is 2.70. The third-order valence-electron chi connectivity index (χ3n) is 2.37. The van der Waals surface area contributed by atoms with Crippen LogP contribution in [0, 0.1) is 3.57 Å². The number of hydrogen-bond acceptors (Lipinski definition) is 3. The highest BCUT2D eigenvalue weighted by Crippen LogP contribution is 2.07. The summed E-state index contributed by atoms with van der Waals surface area (Å²) in [6.07, 6.45) is 2.28. The molecule has 0 atom stereocenters. The van der Waals surface area contributed by atoms with Crippen molar-refractivity contribution in [1.82, 2.24) is 20.1 Å². The van der Waals surface area contributed by atoms with Crippen molar-refractivity contribution >= 4 is 28.5 Å². The van der Waals surface area contributed by atoms with Crippen LogP contribution in [0.15, 0.2) is 30.6 Å². The summed E-state index contributed by atoms with van der Waals surface area (Å²) in [5.74, 6) is 0.671. The topological polar surface area (TPSA) is 59.8 Å². The Hall–Kier alpha value is -1.44. The lowest BCUT2D eigenvalue weighted by molar-refractivity contribution is 0.0954. The predicted molar refractivity (Wildman–Crippen MR) is 76.2 cm³/mol. The van der Waals surface area contributed by atoms with E-state index in [-0.39, 0.29) is 5.91 Å². The van der Waals surface area contributed by atoms with Gasteiger partial charge in [-0.25, -0.2) is 4.98 Å². The first-order chi connectivity index (χ1) is 8.65. The summed E-state index contributed by atoms with van der Waals surface area (Å²) in [7, 11) is 1.82. The highest BCUT2D eigenvalue weighted by molar-refractivity contribution is 14.1. The van der Waals surface area contributed by atoms with Gasteiger partial charge in [0.1, 0.15) is 6.33 Å². The molecule has 1 N–H and O–H groups in total. The minimum Gasteiger partial charge on any atom is -0.352 e. The predicted octanol–water partition coefficient (Wildman–Crippen LogP) is 1.39. The molecule has 0 fully saturated rings. The molecule has 6 heteroatoms. The molecule has 0 aliphatic carbocycles. The summed E-state index contributed by atoms with van der Waals surface area (Å²) in [6, 6.07) is 7.48. The minimum atomic E-state index is -0.0653. The van der Waals surface area contributed by atoms with Gasteiger partial charge in [0.05, 0.1) is 0 Å². The fourth-order valence-electron chi connectivity index (χ4n) is 1.52. The van der Waals surface area contributed by atoms with E-state index in [1.165, 1.54) is 0 Å². The Balaban J connectivity index is 1.85. The lowest BCUT2D eigenvalue weighted by Crippen LogP contribution is -2.26. The van der Waals surface area contributed by atoms with E-state index < -0.39 is 0 Å². The quantitative estimate of drug-likeness (QED) is 0.843. The smallest absolute Gasteiger partial charge is 0.251 e. The van der Waals surface area contributed by atoms with Crippen LogP contribution in [-0.2, 0) is 13.5 Å². The zero-order valence-corrected chi connectivity index (χ0v) is 12.1. The number of amides is 1. The largest absolute Gasteiger partial charge is 0.352 e. The van der Waals surface area contributed by atoms with Crippen LogP contribution in [0.25, 0.3) is 0 Å². The summed E-state index contributed by atoms with van der Waals surface area (Å²) in [4.78, 5) is 15.9. The van der Waals surface area contributed by atoms with E-state index in [1.807, 2.05) is 25.2 Å². The first kappa shape index (κ1) is 13.0. The molecule has 5 nitrogen and oxygen atoms in total. The van der Waals surface area contributed by atoms with Crippen LogP contribution >= 0.6 is 22.6 Å². The van der Waals surface area contributed by atoms with Gasteiger partial charge in [0, 0.05) is 29.1 Å². The van der Waals surface area contributed by atoms with Crippen LogP contribution in [0.1, 0.15) is 16.2 Å². The molecule has 0 saturated heterocycles. The molecule has 94 valence electrons. The summed E-state index contributed by atoms with van der Waals surface area (Å²) >= 11 is 2.19. The molecule has 0 spiro atoms. The molecule has 2 rings (SSSR count). The van der Waals surface area contributed by atoms with E-state index in [0.29, 0.717) is 18.5 Å². The number of halogens is 1. The molecule has 0 radical (unpaired) electrons. The third kappa shape index (κ3) is 3.52. The van der Waals surface area contributed by atoms with Gasteiger partial charge in [0.25, 0.3) is 5.91 Å². The van der Waals surface area contributed by atoms with Crippen LogP contribution in [0.5, 0.6) is 0 Å². The van der Waals surface area contributed by atoms with Gasteiger partial charge in [-0.3, -0.25) is 9.48 Å². The van der Waals surface area contributed by atoms with Crippen LogP contribution in [0.4, 0.5) is 0 Å². The molecule has 1 heterocycles. The van der Waals surface area contributed by atoms with Crippen molar-refractivity contribution in [3.8, 4) is 0 Å². The van der Waals surface area contributed by atoms with Gasteiger partial charge in [-0.05, 0) is 40.8 Å². The molecule has 1 aromatic heterocycles. The van der Waals surface area contributed by atoms with Crippen molar-refractivity contribution in [1.29, 1.82) is 0 Å². The number of nitrogens with zero attached hydrogens (tertiary/aromatic N) is 3. The van der Waals surface area contributed by atoms with Crippen molar-refractivity contribution in [3.05, 3.63) is 45.6 Å². The molecule has 0 saturated carbocycles. The lowest BCUT2D eigenvalue weighted by atomic mass is 10.2. The SMILES string of the molecule is Cn1cnc(CCNC(=O)c2cccc(I)c2)n1. The molecular weight excluding hydrogens is 343 g/mol. The van der Waals surface area contributed by atoms with E-state index in [4.69, 9.17) is 0 Å². The highest BCUT2D eigenvalue weighted by Gasteiger charge is 2.05. The molecule has 1 amide bonds. The molecule has 0 bridgehead atoms. The Bertz CT molecular complexity index is 553. The molecule has 0 aliphatic heterocycles. The normalized spacial score (nSPS) is 10.3. The molecule has 2 aromatic rings. The summed E-state index contributed by atoms with van der Waals surface area (Å²) in [6.45, 7) is 0.536. The van der Waals surface area contributed by atoms with Gasteiger partial charge in [0.2, 0.25) is 0 Å². The molecule has 0 unspecified atom stereocenters. The van der Waals surface area contributed by atoms with Crippen molar-refractivity contribution in [3.63, 3.8) is 0 Å². The number of carbonyl (C=O) groups is 1. The van der Waals surface area contributed by atoms with Gasteiger partial charge < -0.3 is 5.32 Å². The van der Waals surface area contributed by atoms with Gasteiger partial charge >= 0.3 is 0 Å². The van der Waals surface area contributed by atoms with Gasteiger partial charge in [-0.1, -0.05) is 6.07 Å². The second-order valence-corrected chi connectivity index (χ2v) is 5.10. The lowest BCUT2D eigenvalue weighted by Gasteiger charge is -2.03. The van der Waals surface area contributed by atoms with E-state index in [2.05, 4.69) is 38.0 Å². The second kappa shape index (κ2) is 5.94. The summed E-state index contributed by atoms with van der Waals surface area (Å²) in [5, 5.41) is 7.00. The maximum atomic E-state index is 11.8. The second-order valence-electron chi connectivity index (χ2n) is 3.85. The van der Waals surface area contributed by atoms with Crippen LogP contribution in [0.3, 0.4) is 0 Å². The maximum Gasteiger partial charge on any atom is 0.251 e. The Morgan fingerprint density at radius 1 is 1.50 bits per heavy atom. The number of nitrogens with one attached hydrogen (secondary N) is 1. The Kier molecular flexibility index (Phi) is 4.29. The first-order valence-electron chi connectivity index (χ1n) is 5.53. The van der Waals surface area contributed by atoms with Gasteiger partial charge in [-0.15, -0.1) is 0 Å². The highest BCUT2D eigenvalue weighted by atomic mass is 127. The first-order valence-corrected chi connectivity index (χ1v) is 6.61. The minimum absolute atomic E-state index is 0.0653.